The molecule has 1 aliphatic rings. The molecule has 1 heterocycles. The summed E-state index contributed by atoms with van der Waals surface area (Å²) in [6, 6.07) is 8.85. The van der Waals surface area contributed by atoms with Crippen molar-refractivity contribution in [3.63, 3.8) is 0 Å². The fraction of sp³-hybridized carbons (Fsp3) is 0.429. The third kappa shape index (κ3) is 6.09. The topological polar surface area (TPSA) is 131 Å². The lowest BCUT2D eigenvalue weighted by Gasteiger charge is -2.23. The number of nitrogens with one attached hydrogen (secondary N) is 2. The minimum Gasteiger partial charge on any atom is -0.595 e. The van der Waals surface area contributed by atoms with Crippen LogP contribution in [0.5, 0.6) is 17.2 Å². The molecule has 0 saturated carbocycles. The minimum absolute atomic E-state index is 0.0633. The van der Waals surface area contributed by atoms with E-state index in [1.807, 2.05) is 0 Å². The molecule has 0 radical (unpaired) electrons. The van der Waals surface area contributed by atoms with Crippen LogP contribution in [0.3, 0.4) is 0 Å². The van der Waals surface area contributed by atoms with E-state index in [2.05, 4.69) is 4.72 Å². The van der Waals surface area contributed by atoms with E-state index in [0.717, 1.165) is 18.9 Å². The van der Waals surface area contributed by atoms with E-state index in [1.165, 1.54) is 26.4 Å². The summed E-state index contributed by atoms with van der Waals surface area (Å²) < 4.78 is 50.3. The third-order valence-electron chi connectivity index (χ3n) is 5.24. The van der Waals surface area contributed by atoms with Crippen molar-refractivity contribution in [3.05, 3.63) is 47.2 Å². The van der Waals surface area contributed by atoms with E-state index in [0.29, 0.717) is 36.9 Å². The highest BCUT2D eigenvalue weighted by atomic mass is 32.2. The second-order valence-electron chi connectivity index (χ2n) is 7.34. The van der Waals surface area contributed by atoms with E-state index in [1.54, 1.807) is 18.2 Å². The molecule has 0 bridgehead atoms. The standard InChI is InChI=1S/C21H28N2O8S/c1-28-18-5-3-16(20(12-18)29-2)13-22-32(26,27)21-11-17(23(24)25)4-6-19(21)31-14-15-7-9-30-10-8-15/h3-6,11-12,15,22-24H,7-10,13-14H2,1-2H3. The number of hydrogen-bond acceptors (Lipinski definition) is 8. The fourth-order valence-corrected chi connectivity index (χ4v) is 4.51. The molecule has 1 aliphatic heterocycles. The lowest BCUT2D eigenvalue weighted by Crippen LogP contribution is -2.99. The molecule has 0 spiro atoms. The zero-order chi connectivity index (χ0) is 23.1. The van der Waals surface area contributed by atoms with Gasteiger partial charge in [-0.1, -0.05) is 6.07 Å². The van der Waals surface area contributed by atoms with Crippen molar-refractivity contribution in [1.82, 2.24) is 4.72 Å². The summed E-state index contributed by atoms with van der Waals surface area (Å²) >= 11 is 0. The summed E-state index contributed by atoms with van der Waals surface area (Å²) in [7, 11) is -1.09. The first-order valence-corrected chi connectivity index (χ1v) is 11.6. The van der Waals surface area contributed by atoms with Crippen LogP contribution >= 0.6 is 0 Å². The molecule has 1 saturated heterocycles. The van der Waals surface area contributed by atoms with Crippen molar-refractivity contribution in [2.24, 2.45) is 5.92 Å². The van der Waals surface area contributed by atoms with Crippen molar-refractivity contribution in [2.75, 3.05) is 34.0 Å². The fourth-order valence-electron chi connectivity index (χ4n) is 3.34. The van der Waals surface area contributed by atoms with Crippen LogP contribution < -0.4 is 24.2 Å². The summed E-state index contributed by atoms with van der Waals surface area (Å²) in [6.07, 6.45) is 1.65. The lowest BCUT2D eigenvalue weighted by molar-refractivity contribution is -0.991. The lowest BCUT2D eigenvalue weighted by atomic mass is 10.0. The van der Waals surface area contributed by atoms with Gasteiger partial charge in [0.15, 0.2) is 5.69 Å². The molecular formula is C21H28N2O8S. The Hall–Kier alpha value is -2.41. The number of hydrogen-bond donors (Lipinski definition) is 3. The van der Waals surface area contributed by atoms with Gasteiger partial charge < -0.3 is 24.2 Å². The first-order chi connectivity index (χ1) is 15.3. The van der Waals surface area contributed by atoms with Crippen LogP contribution in [0.15, 0.2) is 41.3 Å². The number of benzene rings is 2. The summed E-state index contributed by atoms with van der Waals surface area (Å²) in [5.41, 5.74) is 0.446. The second kappa shape index (κ2) is 10.9. The molecule has 0 aromatic heterocycles. The normalized spacial score (nSPS) is 15.9. The van der Waals surface area contributed by atoms with Crippen LogP contribution in [0.25, 0.3) is 0 Å². The van der Waals surface area contributed by atoms with Crippen LogP contribution in [0.2, 0.25) is 0 Å². The number of sulfonamides is 1. The van der Waals surface area contributed by atoms with Crippen LogP contribution in [0, 0.1) is 11.1 Å². The number of quaternary nitrogens is 1. The molecule has 10 nitrogen and oxygen atoms in total. The van der Waals surface area contributed by atoms with Crippen LogP contribution in [-0.4, -0.2) is 47.7 Å². The highest BCUT2D eigenvalue weighted by Crippen LogP contribution is 2.29. The molecule has 1 unspecified atom stereocenters. The molecule has 176 valence electrons. The Morgan fingerprint density at radius 2 is 1.88 bits per heavy atom. The number of rotatable bonds is 10. The van der Waals surface area contributed by atoms with Gasteiger partial charge in [0.25, 0.3) is 0 Å². The van der Waals surface area contributed by atoms with Gasteiger partial charge in [-0.25, -0.2) is 18.3 Å². The van der Waals surface area contributed by atoms with Crippen LogP contribution in [0.1, 0.15) is 18.4 Å². The highest BCUT2D eigenvalue weighted by Gasteiger charge is 2.24. The molecule has 0 amide bonds. The maximum atomic E-state index is 13.1. The second-order valence-corrected chi connectivity index (χ2v) is 9.07. The van der Waals surface area contributed by atoms with E-state index in [-0.39, 0.29) is 28.8 Å². The van der Waals surface area contributed by atoms with E-state index >= 15 is 0 Å². The van der Waals surface area contributed by atoms with Gasteiger partial charge in [0.05, 0.1) is 20.8 Å². The third-order valence-corrected chi connectivity index (χ3v) is 6.66. The van der Waals surface area contributed by atoms with Crippen LogP contribution in [-0.2, 0) is 21.3 Å². The maximum Gasteiger partial charge on any atom is 0.244 e. The smallest absolute Gasteiger partial charge is 0.244 e. The van der Waals surface area contributed by atoms with Crippen molar-refractivity contribution in [3.8, 4) is 17.2 Å². The Morgan fingerprint density at radius 3 is 2.53 bits per heavy atom. The molecule has 11 heteroatoms. The zero-order valence-electron chi connectivity index (χ0n) is 18.0. The van der Waals surface area contributed by atoms with Crippen LogP contribution in [0.4, 0.5) is 5.69 Å². The van der Waals surface area contributed by atoms with Crippen molar-refractivity contribution in [1.29, 1.82) is 0 Å². The Kier molecular flexibility index (Phi) is 8.29. The predicted octanol–water partition coefficient (Wildman–Crippen LogP) is 1.39. The van der Waals surface area contributed by atoms with Gasteiger partial charge in [-0.15, -0.1) is 0 Å². The number of methoxy groups -OCH3 is 2. The van der Waals surface area contributed by atoms with E-state index in [4.69, 9.17) is 18.9 Å². The molecule has 2 aromatic rings. The molecule has 3 N–H and O–H groups in total. The summed E-state index contributed by atoms with van der Waals surface area (Å²) in [5, 5.41) is 19.5. The first-order valence-electron chi connectivity index (χ1n) is 10.1. The van der Waals surface area contributed by atoms with Gasteiger partial charge in [0.1, 0.15) is 22.1 Å². The quantitative estimate of drug-likeness (QED) is 0.446. The van der Waals surface area contributed by atoms with Crippen molar-refractivity contribution in [2.45, 2.75) is 24.3 Å². The molecule has 1 fully saturated rings. The Labute approximate surface area is 187 Å². The average molecular weight is 469 g/mol. The average Bonchev–Trinajstić information content (AvgIpc) is 2.81. The summed E-state index contributed by atoms with van der Waals surface area (Å²) in [4.78, 5) is -0.225. The maximum absolute atomic E-state index is 13.1. The van der Waals surface area contributed by atoms with E-state index in [9.17, 15) is 18.8 Å². The summed E-state index contributed by atoms with van der Waals surface area (Å²) in [6.45, 7) is 1.54. The zero-order valence-corrected chi connectivity index (χ0v) is 18.8. The molecule has 1 atom stereocenters. The minimum atomic E-state index is -4.09. The molecular weight excluding hydrogens is 440 g/mol. The van der Waals surface area contributed by atoms with Gasteiger partial charge in [0, 0.05) is 43.5 Å². The monoisotopic (exact) mass is 468 g/mol. The van der Waals surface area contributed by atoms with Gasteiger partial charge in [-0.2, -0.15) is 5.23 Å². The Balaban J connectivity index is 1.82. The SMILES string of the molecule is COc1ccc(CNS(=O)(=O)c2cc([NH+]([O-])O)ccc2OCC2CCOCC2)c(OC)c1. The largest absolute Gasteiger partial charge is 0.595 e. The Bertz CT molecular complexity index is 1010. The predicted molar refractivity (Wildman–Crippen MR) is 115 cm³/mol. The summed E-state index contributed by atoms with van der Waals surface area (Å²) in [5.74, 6) is 1.39. The highest BCUT2D eigenvalue weighted by molar-refractivity contribution is 7.89. The first kappa shape index (κ1) is 24.2. The number of ether oxygens (including phenoxy) is 4. The van der Waals surface area contributed by atoms with Gasteiger partial charge in [-0.3, -0.25) is 0 Å². The van der Waals surface area contributed by atoms with Crippen molar-refractivity contribution < 1.29 is 37.8 Å². The molecule has 0 aliphatic carbocycles. The molecule has 2 aromatic carbocycles. The van der Waals surface area contributed by atoms with E-state index < -0.39 is 15.2 Å². The van der Waals surface area contributed by atoms with Gasteiger partial charge >= 0.3 is 0 Å². The molecule has 3 rings (SSSR count). The molecule has 32 heavy (non-hydrogen) atoms. The van der Waals surface area contributed by atoms with Crippen molar-refractivity contribution >= 4 is 15.7 Å². The Morgan fingerprint density at radius 1 is 1.12 bits per heavy atom. The van der Waals surface area contributed by atoms with Gasteiger partial charge in [-0.05, 0) is 30.9 Å². The van der Waals surface area contributed by atoms with Gasteiger partial charge in [0.2, 0.25) is 10.0 Å².